The highest BCUT2D eigenvalue weighted by molar-refractivity contribution is 7.17. The topological polar surface area (TPSA) is 99.7 Å². The lowest BCUT2D eigenvalue weighted by Crippen LogP contribution is -2.19. The van der Waals surface area contributed by atoms with E-state index < -0.39 is 0 Å². The van der Waals surface area contributed by atoms with Gasteiger partial charge in [-0.05, 0) is 30.0 Å². The molecular formula is C20H21N5O4S. The highest BCUT2D eigenvalue weighted by Crippen LogP contribution is 2.29. The van der Waals surface area contributed by atoms with Gasteiger partial charge in [0, 0.05) is 26.0 Å². The molecule has 0 saturated heterocycles. The number of nitrogens with one attached hydrogen (secondary N) is 1. The summed E-state index contributed by atoms with van der Waals surface area (Å²) < 4.78 is 14.5. The molecule has 0 bridgehead atoms. The standard InChI is InChI=1S/C20H21N5O4S/c1-24-19(27)18-14(9-10-30-18)25-16(22-23-20(24)25)5-4-6-17(26)21-13-8-7-12(28-2)11-15(13)29-3/h7-11H,4-6H2,1-3H3,(H,21,26). The number of carbonyl (C=O) groups is 1. The fourth-order valence-electron chi connectivity index (χ4n) is 3.34. The van der Waals surface area contributed by atoms with Crippen molar-refractivity contribution < 1.29 is 14.3 Å². The van der Waals surface area contributed by atoms with Gasteiger partial charge in [-0.25, -0.2) is 0 Å². The quantitative estimate of drug-likeness (QED) is 0.487. The highest BCUT2D eigenvalue weighted by atomic mass is 32.1. The number of aromatic nitrogens is 4. The van der Waals surface area contributed by atoms with Crippen molar-refractivity contribution in [3.63, 3.8) is 0 Å². The molecule has 4 rings (SSSR count). The molecule has 0 atom stereocenters. The first kappa shape index (κ1) is 19.9. The Bertz CT molecular complexity index is 1290. The molecule has 0 radical (unpaired) electrons. The van der Waals surface area contributed by atoms with Gasteiger partial charge in [0.25, 0.3) is 5.56 Å². The van der Waals surface area contributed by atoms with E-state index in [0.717, 1.165) is 11.3 Å². The molecule has 10 heteroatoms. The van der Waals surface area contributed by atoms with Crippen LogP contribution in [-0.4, -0.2) is 39.3 Å². The van der Waals surface area contributed by atoms with Crippen LogP contribution in [0.3, 0.4) is 0 Å². The molecule has 0 unspecified atom stereocenters. The van der Waals surface area contributed by atoms with Crippen molar-refractivity contribution in [3.8, 4) is 11.5 Å². The second kappa shape index (κ2) is 8.15. The summed E-state index contributed by atoms with van der Waals surface area (Å²) in [6, 6.07) is 7.12. The summed E-state index contributed by atoms with van der Waals surface area (Å²) in [6.45, 7) is 0. The number of carbonyl (C=O) groups excluding carboxylic acids is 1. The maximum atomic E-state index is 12.4. The van der Waals surface area contributed by atoms with Crippen LogP contribution in [0.5, 0.6) is 11.5 Å². The zero-order chi connectivity index (χ0) is 21.3. The smallest absolute Gasteiger partial charge is 0.272 e. The van der Waals surface area contributed by atoms with Crippen molar-refractivity contribution in [3.05, 3.63) is 45.8 Å². The molecule has 1 aromatic carbocycles. The van der Waals surface area contributed by atoms with Gasteiger partial charge in [-0.15, -0.1) is 21.5 Å². The maximum Gasteiger partial charge on any atom is 0.272 e. The summed E-state index contributed by atoms with van der Waals surface area (Å²) in [5.41, 5.74) is 1.30. The molecule has 3 heterocycles. The molecule has 0 aliphatic rings. The molecule has 1 N–H and O–H groups in total. The zero-order valence-electron chi connectivity index (χ0n) is 16.8. The fourth-order valence-corrected chi connectivity index (χ4v) is 4.19. The number of benzene rings is 1. The summed E-state index contributed by atoms with van der Waals surface area (Å²) in [4.78, 5) is 24.8. The Kier molecular flexibility index (Phi) is 5.40. The summed E-state index contributed by atoms with van der Waals surface area (Å²) in [5, 5.41) is 13.2. The van der Waals surface area contributed by atoms with Crippen LogP contribution in [-0.2, 0) is 18.3 Å². The third-order valence-corrected chi connectivity index (χ3v) is 5.78. The third-order valence-electron chi connectivity index (χ3n) is 4.88. The molecule has 30 heavy (non-hydrogen) atoms. The molecule has 0 fully saturated rings. The number of thiophene rings is 1. The van der Waals surface area contributed by atoms with Gasteiger partial charge >= 0.3 is 0 Å². The van der Waals surface area contributed by atoms with E-state index in [2.05, 4.69) is 15.5 Å². The van der Waals surface area contributed by atoms with E-state index >= 15 is 0 Å². The number of hydrogen-bond acceptors (Lipinski definition) is 7. The van der Waals surface area contributed by atoms with Crippen LogP contribution in [0.25, 0.3) is 16.0 Å². The predicted molar refractivity (Wildman–Crippen MR) is 115 cm³/mol. The van der Waals surface area contributed by atoms with Crippen molar-refractivity contribution in [2.75, 3.05) is 19.5 Å². The number of methoxy groups -OCH3 is 2. The number of anilines is 1. The van der Waals surface area contributed by atoms with Crippen molar-refractivity contribution in [2.24, 2.45) is 7.05 Å². The average Bonchev–Trinajstić information content (AvgIpc) is 3.39. The molecule has 1 amide bonds. The monoisotopic (exact) mass is 427 g/mol. The molecule has 0 aliphatic heterocycles. The van der Waals surface area contributed by atoms with Gasteiger partial charge in [0.15, 0.2) is 0 Å². The van der Waals surface area contributed by atoms with Gasteiger partial charge in [-0.3, -0.25) is 18.6 Å². The minimum Gasteiger partial charge on any atom is -0.497 e. The average molecular weight is 427 g/mol. The summed E-state index contributed by atoms with van der Waals surface area (Å²) in [7, 11) is 4.80. The molecule has 0 spiro atoms. The largest absolute Gasteiger partial charge is 0.497 e. The predicted octanol–water partition coefficient (Wildman–Crippen LogP) is 2.62. The van der Waals surface area contributed by atoms with E-state index in [1.54, 1.807) is 39.5 Å². The van der Waals surface area contributed by atoms with Crippen LogP contribution < -0.4 is 20.3 Å². The lowest BCUT2D eigenvalue weighted by molar-refractivity contribution is -0.116. The van der Waals surface area contributed by atoms with Gasteiger partial charge in [0.1, 0.15) is 22.0 Å². The first-order chi connectivity index (χ1) is 14.5. The van der Waals surface area contributed by atoms with Crippen LogP contribution in [0.15, 0.2) is 34.4 Å². The minimum atomic E-state index is -0.125. The minimum absolute atomic E-state index is 0.0840. The second-order valence-corrected chi connectivity index (χ2v) is 7.63. The number of nitrogens with zero attached hydrogens (tertiary/aromatic N) is 4. The molecule has 3 aromatic heterocycles. The number of hydrogen-bond donors (Lipinski definition) is 1. The Balaban J connectivity index is 1.47. The van der Waals surface area contributed by atoms with E-state index in [-0.39, 0.29) is 11.5 Å². The Morgan fingerprint density at radius 1 is 1.20 bits per heavy atom. The summed E-state index contributed by atoms with van der Waals surface area (Å²) in [6.07, 6.45) is 1.44. The first-order valence-electron chi connectivity index (χ1n) is 9.35. The fraction of sp³-hybridized carbons (Fsp3) is 0.300. The number of amides is 1. The van der Waals surface area contributed by atoms with E-state index in [0.29, 0.717) is 46.9 Å². The van der Waals surface area contributed by atoms with E-state index in [1.165, 1.54) is 15.9 Å². The zero-order valence-corrected chi connectivity index (χ0v) is 17.7. The Hall–Kier alpha value is -3.40. The van der Waals surface area contributed by atoms with Gasteiger partial charge in [-0.2, -0.15) is 0 Å². The highest BCUT2D eigenvalue weighted by Gasteiger charge is 2.16. The van der Waals surface area contributed by atoms with Crippen molar-refractivity contribution in [1.82, 2.24) is 19.2 Å². The molecule has 0 aliphatic carbocycles. The van der Waals surface area contributed by atoms with Gasteiger partial charge in [0.2, 0.25) is 11.7 Å². The Labute approximate surface area is 175 Å². The van der Waals surface area contributed by atoms with E-state index in [4.69, 9.17) is 9.47 Å². The van der Waals surface area contributed by atoms with E-state index in [1.807, 2.05) is 15.8 Å². The van der Waals surface area contributed by atoms with Gasteiger partial charge < -0.3 is 14.8 Å². The number of aryl methyl sites for hydroxylation is 2. The van der Waals surface area contributed by atoms with Crippen molar-refractivity contribution in [1.29, 1.82) is 0 Å². The van der Waals surface area contributed by atoms with Gasteiger partial charge in [-0.1, -0.05) is 0 Å². The third kappa shape index (κ3) is 3.50. The summed E-state index contributed by atoms with van der Waals surface area (Å²) in [5.74, 6) is 2.28. The molecule has 156 valence electrons. The number of rotatable bonds is 7. The van der Waals surface area contributed by atoms with Gasteiger partial charge in [0.05, 0.1) is 25.4 Å². The normalized spacial score (nSPS) is 11.2. The molecule has 9 nitrogen and oxygen atoms in total. The van der Waals surface area contributed by atoms with Crippen LogP contribution in [0.2, 0.25) is 0 Å². The van der Waals surface area contributed by atoms with E-state index in [9.17, 15) is 9.59 Å². The number of fused-ring (bicyclic) bond motifs is 3. The van der Waals surface area contributed by atoms with Crippen LogP contribution in [0.1, 0.15) is 18.7 Å². The first-order valence-corrected chi connectivity index (χ1v) is 10.2. The Morgan fingerprint density at radius 2 is 2.03 bits per heavy atom. The lowest BCUT2D eigenvalue weighted by Gasteiger charge is -2.11. The SMILES string of the molecule is COc1ccc(NC(=O)CCCc2nnc3n(C)c(=O)c4sccc4n23)c(OC)c1. The molecule has 4 aromatic rings. The number of ether oxygens (including phenoxy) is 2. The summed E-state index contributed by atoms with van der Waals surface area (Å²) >= 11 is 1.40. The van der Waals surface area contributed by atoms with Crippen LogP contribution in [0.4, 0.5) is 5.69 Å². The Morgan fingerprint density at radius 3 is 2.80 bits per heavy atom. The molecular weight excluding hydrogens is 406 g/mol. The second-order valence-electron chi connectivity index (χ2n) is 6.72. The van der Waals surface area contributed by atoms with Crippen molar-refractivity contribution >= 4 is 38.9 Å². The lowest BCUT2D eigenvalue weighted by atomic mass is 10.2. The van der Waals surface area contributed by atoms with Crippen LogP contribution >= 0.6 is 11.3 Å². The van der Waals surface area contributed by atoms with Crippen LogP contribution in [0, 0.1) is 0 Å². The maximum absolute atomic E-state index is 12.4. The molecule has 0 saturated carbocycles. The van der Waals surface area contributed by atoms with Crippen molar-refractivity contribution in [2.45, 2.75) is 19.3 Å².